The highest BCUT2D eigenvalue weighted by Gasteiger charge is 2.19. The third-order valence-corrected chi connectivity index (χ3v) is 2.81. The predicted molar refractivity (Wildman–Crippen MR) is 68.0 cm³/mol. The van der Waals surface area contributed by atoms with Gasteiger partial charge in [-0.15, -0.1) is 0 Å². The first-order valence-electron chi connectivity index (χ1n) is 6.21. The third-order valence-electron chi connectivity index (χ3n) is 2.81. The van der Waals surface area contributed by atoms with E-state index in [1.54, 1.807) is 6.92 Å². The maximum Gasteiger partial charge on any atom is 0.219 e. The molecule has 98 valence electrons. The zero-order valence-electron chi connectivity index (χ0n) is 11.0. The number of likely N-dealkylation sites (tertiary alicyclic amines) is 1. The molecule has 1 amide bonds. The smallest absolute Gasteiger partial charge is 0.219 e. The van der Waals surface area contributed by atoms with Crippen molar-refractivity contribution in [1.29, 1.82) is 0 Å². The van der Waals surface area contributed by atoms with E-state index in [1.165, 1.54) is 0 Å². The van der Waals surface area contributed by atoms with Crippen molar-refractivity contribution in [3.63, 3.8) is 0 Å². The van der Waals surface area contributed by atoms with E-state index >= 15 is 0 Å². The molecule has 1 heterocycles. The normalized spacial score (nSPS) is 16.8. The Kier molecular flexibility index (Phi) is 5.97. The van der Waals surface area contributed by atoms with Crippen LogP contribution in [0.15, 0.2) is 5.16 Å². The van der Waals surface area contributed by atoms with Gasteiger partial charge in [-0.25, -0.2) is 0 Å². The summed E-state index contributed by atoms with van der Waals surface area (Å²) in [4.78, 5) is 18.1. The second-order valence-electron chi connectivity index (χ2n) is 4.61. The minimum absolute atomic E-state index is 0.180. The van der Waals surface area contributed by atoms with Gasteiger partial charge in [0.15, 0.2) is 0 Å². The van der Waals surface area contributed by atoms with Gasteiger partial charge in [0, 0.05) is 32.6 Å². The van der Waals surface area contributed by atoms with Crippen molar-refractivity contribution in [3.05, 3.63) is 0 Å². The Hall–Kier alpha value is -1.10. The molecule has 0 radical (unpaired) electrons. The number of nitrogens with zero attached hydrogens (tertiary/aromatic N) is 2. The third kappa shape index (κ3) is 5.68. The first-order chi connectivity index (χ1) is 8.09. The van der Waals surface area contributed by atoms with Gasteiger partial charge in [-0.2, -0.15) is 0 Å². The van der Waals surface area contributed by atoms with Gasteiger partial charge in [0.05, 0.1) is 5.71 Å². The van der Waals surface area contributed by atoms with E-state index in [-0.39, 0.29) is 5.91 Å². The molecule has 0 atom stereocenters. The molecule has 1 saturated heterocycles. The molecule has 0 aliphatic carbocycles. The number of carbonyl (C=O) groups is 1. The molecule has 0 spiro atoms. The Bertz CT molecular complexity index is 267. The minimum atomic E-state index is 0.180. The SMILES string of the molecule is CC(=O)N1CCC(NCCON=C(C)C)CC1. The Labute approximate surface area is 103 Å². The van der Waals surface area contributed by atoms with Crippen LogP contribution in [0.2, 0.25) is 0 Å². The lowest BCUT2D eigenvalue weighted by atomic mass is 10.1. The second kappa shape index (κ2) is 7.27. The summed E-state index contributed by atoms with van der Waals surface area (Å²) >= 11 is 0. The monoisotopic (exact) mass is 241 g/mol. The highest BCUT2D eigenvalue weighted by molar-refractivity contribution is 5.78. The molecule has 0 unspecified atom stereocenters. The van der Waals surface area contributed by atoms with Crippen LogP contribution in [0.3, 0.4) is 0 Å². The zero-order chi connectivity index (χ0) is 12.7. The van der Waals surface area contributed by atoms with Gasteiger partial charge < -0.3 is 15.1 Å². The molecule has 1 rings (SSSR count). The van der Waals surface area contributed by atoms with E-state index in [1.807, 2.05) is 18.7 Å². The molecule has 5 heteroatoms. The lowest BCUT2D eigenvalue weighted by Gasteiger charge is -2.31. The van der Waals surface area contributed by atoms with E-state index in [0.29, 0.717) is 12.6 Å². The van der Waals surface area contributed by atoms with Gasteiger partial charge in [0.1, 0.15) is 6.61 Å². The summed E-state index contributed by atoms with van der Waals surface area (Å²) in [6.07, 6.45) is 2.05. The maximum atomic E-state index is 11.1. The van der Waals surface area contributed by atoms with E-state index in [0.717, 1.165) is 38.2 Å². The van der Waals surface area contributed by atoms with Crippen molar-refractivity contribution in [2.24, 2.45) is 5.16 Å². The molecule has 0 aromatic rings. The molecule has 1 N–H and O–H groups in total. The summed E-state index contributed by atoms with van der Waals surface area (Å²) in [7, 11) is 0. The van der Waals surface area contributed by atoms with Crippen LogP contribution in [0.25, 0.3) is 0 Å². The molecular formula is C12H23N3O2. The summed E-state index contributed by atoms with van der Waals surface area (Å²) in [5, 5.41) is 7.29. The van der Waals surface area contributed by atoms with Crippen LogP contribution in [-0.2, 0) is 9.63 Å². The largest absolute Gasteiger partial charge is 0.395 e. The minimum Gasteiger partial charge on any atom is -0.395 e. The van der Waals surface area contributed by atoms with Gasteiger partial charge in [0.25, 0.3) is 0 Å². The summed E-state index contributed by atoms with van der Waals surface area (Å²) in [6.45, 7) is 8.57. The van der Waals surface area contributed by atoms with Gasteiger partial charge in [-0.05, 0) is 26.7 Å². The first-order valence-corrected chi connectivity index (χ1v) is 6.21. The Morgan fingerprint density at radius 2 is 2.00 bits per heavy atom. The Balaban J connectivity index is 2.06. The van der Waals surface area contributed by atoms with Crippen LogP contribution in [0, 0.1) is 0 Å². The van der Waals surface area contributed by atoms with E-state index in [2.05, 4.69) is 10.5 Å². The molecule has 1 fully saturated rings. The lowest BCUT2D eigenvalue weighted by Crippen LogP contribution is -2.44. The molecular weight excluding hydrogens is 218 g/mol. The molecule has 1 aliphatic rings. The van der Waals surface area contributed by atoms with Gasteiger partial charge in [-0.1, -0.05) is 5.16 Å². The van der Waals surface area contributed by atoms with Crippen LogP contribution in [0.1, 0.15) is 33.6 Å². The molecule has 1 aliphatic heterocycles. The van der Waals surface area contributed by atoms with Crippen LogP contribution >= 0.6 is 0 Å². The molecule has 0 aromatic carbocycles. The fourth-order valence-electron chi connectivity index (χ4n) is 1.88. The average Bonchev–Trinajstić information content (AvgIpc) is 2.29. The summed E-state index contributed by atoms with van der Waals surface area (Å²) in [6, 6.07) is 0.501. The van der Waals surface area contributed by atoms with Gasteiger partial charge in [0.2, 0.25) is 5.91 Å². The van der Waals surface area contributed by atoms with E-state index < -0.39 is 0 Å². The molecule has 0 bridgehead atoms. The van der Waals surface area contributed by atoms with E-state index in [4.69, 9.17) is 4.84 Å². The number of nitrogens with one attached hydrogen (secondary N) is 1. The van der Waals surface area contributed by atoms with Crippen molar-refractivity contribution < 1.29 is 9.63 Å². The standard InChI is InChI=1S/C12H23N3O2/c1-10(2)14-17-9-6-13-12-4-7-15(8-5-12)11(3)16/h12-13H,4-9H2,1-3H3. The summed E-state index contributed by atoms with van der Waals surface area (Å²) < 4.78 is 0. The number of oxime groups is 1. The molecule has 0 saturated carbocycles. The molecule has 17 heavy (non-hydrogen) atoms. The van der Waals surface area contributed by atoms with Crippen molar-refractivity contribution in [3.8, 4) is 0 Å². The van der Waals surface area contributed by atoms with Crippen molar-refractivity contribution in [2.75, 3.05) is 26.2 Å². The fourth-order valence-corrected chi connectivity index (χ4v) is 1.88. The summed E-state index contributed by atoms with van der Waals surface area (Å²) in [5.41, 5.74) is 0.930. The van der Waals surface area contributed by atoms with Gasteiger partial charge in [-0.3, -0.25) is 4.79 Å². The first kappa shape index (κ1) is 14.0. The van der Waals surface area contributed by atoms with Crippen LogP contribution < -0.4 is 5.32 Å². The maximum absolute atomic E-state index is 11.1. The Morgan fingerprint density at radius 3 is 2.53 bits per heavy atom. The number of carbonyl (C=O) groups excluding carboxylic acids is 1. The average molecular weight is 241 g/mol. The zero-order valence-corrected chi connectivity index (χ0v) is 11.0. The fraction of sp³-hybridized carbons (Fsp3) is 0.833. The quantitative estimate of drug-likeness (QED) is 0.444. The highest BCUT2D eigenvalue weighted by Crippen LogP contribution is 2.09. The van der Waals surface area contributed by atoms with E-state index in [9.17, 15) is 4.79 Å². The lowest BCUT2D eigenvalue weighted by molar-refractivity contribution is -0.129. The van der Waals surface area contributed by atoms with Crippen molar-refractivity contribution in [2.45, 2.75) is 39.7 Å². The Morgan fingerprint density at radius 1 is 1.35 bits per heavy atom. The van der Waals surface area contributed by atoms with Crippen LogP contribution in [0.4, 0.5) is 0 Å². The van der Waals surface area contributed by atoms with Crippen LogP contribution in [-0.4, -0.2) is 48.8 Å². The summed E-state index contributed by atoms with van der Waals surface area (Å²) in [5.74, 6) is 0.180. The number of piperidine rings is 1. The van der Waals surface area contributed by atoms with Crippen molar-refractivity contribution >= 4 is 11.6 Å². The number of hydrogen-bond donors (Lipinski definition) is 1. The number of rotatable bonds is 5. The van der Waals surface area contributed by atoms with Crippen LogP contribution in [0.5, 0.6) is 0 Å². The predicted octanol–water partition coefficient (Wildman–Crippen LogP) is 0.999. The van der Waals surface area contributed by atoms with Crippen molar-refractivity contribution in [1.82, 2.24) is 10.2 Å². The molecule has 5 nitrogen and oxygen atoms in total. The second-order valence-corrected chi connectivity index (χ2v) is 4.61. The highest BCUT2D eigenvalue weighted by atomic mass is 16.6. The number of amides is 1. The van der Waals surface area contributed by atoms with Gasteiger partial charge >= 0.3 is 0 Å². The number of hydrogen-bond acceptors (Lipinski definition) is 4. The molecule has 0 aromatic heterocycles. The topological polar surface area (TPSA) is 53.9 Å².